The van der Waals surface area contributed by atoms with E-state index in [1.54, 1.807) is 29.2 Å². The number of fused-ring (bicyclic) bond motifs is 1. The maximum absolute atomic E-state index is 11.5. The van der Waals surface area contributed by atoms with Gasteiger partial charge in [0.15, 0.2) is 5.76 Å². The Morgan fingerprint density at radius 2 is 1.81 bits per heavy atom. The molecule has 0 bridgehead atoms. The van der Waals surface area contributed by atoms with Gasteiger partial charge in [-0.1, -0.05) is 11.6 Å². The lowest BCUT2D eigenvalue weighted by Gasteiger charge is -2.29. The fourth-order valence-corrected chi connectivity index (χ4v) is 2.72. The molecule has 1 fully saturated rings. The average Bonchev–Trinajstić information content (AvgIpc) is 2.98. The quantitative estimate of drug-likeness (QED) is 0.783. The number of carbonyl (C=O) groups excluding carboxylic acids is 2. The Kier molecular flexibility index (Phi) is 6.53. The highest BCUT2D eigenvalue weighted by atomic mass is 35.5. The number of furan rings is 1. The second-order valence-electron chi connectivity index (χ2n) is 7.19. The minimum absolute atomic E-state index is 0.150. The Balaban J connectivity index is 0.000000187. The van der Waals surface area contributed by atoms with Crippen molar-refractivity contribution < 1.29 is 18.7 Å². The molecule has 0 unspecified atom stereocenters. The van der Waals surface area contributed by atoms with Crippen LogP contribution in [-0.4, -0.2) is 35.6 Å². The van der Waals surface area contributed by atoms with Crippen LogP contribution in [0.25, 0.3) is 11.0 Å². The van der Waals surface area contributed by atoms with E-state index in [0.29, 0.717) is 10.6 Å². The molecule has 7 heteroatoms. The maximum Gasteiger partial charge on any atom is 0.410 e. The van der Waals surface area contributed by atoms with E-state index in [2.05, 4.69) is 0 Å². The van der Waals surface area contributed by atoms with Crippen LogP contribution in [0.15, 0.2) is 28.7 Å². The minimum atomic E-state index is -0.577. The molecule has 26 heavy (non-hydrogen) atoms. The van der Waals surface area contributed by atoms with E-state index in [9.17, 15) is 9.59 Å². The SMILES string of the molecule is CC(C)(C)OC(=O)N1CCCCC1.NC(=O)c1cc2cc(Cl)ccc2o1. The summed E-state index contributed by atoms with van der Waals surface area (Å²) in [5, 5.41) is 1.38. The number of likely N-dealkylation sites (tertiary alicyclic amines) is 1. The first kappa shape index (κ1) is 20.1. The van der Waals surface area contributed by atoms with Gasteiger partial charge in [-0.25, -0.2) is 4.79 Å². The van der Waals surface area contributed by atoms with Gasteiger partial charge in [-0.05, 0) is 64.3 Å². The van der Waals surface area contributed by atoms with Gasteiger partial charge < -0.3 is 19.8 Å². The molecule has 2 N–H and O–H groups in total. The first-order valence-electron chi connectivity index (χ1n) is 8.62. The number of nitrogens with two attached hydrogens (primary N) is 1. The molecule has 2 heterocycles. The van der Waals surface area contributed by atoms with Crippen molar-refractivity contribution in [3.8, 4) is 0 Å². The Bertz CT molecular complexity index is 773. The summed E-state index contributed by atoms with van der Waals surface area (Å²) in [6.07, 6.45) is 3.30. The van der Waals surface area contributed by atoms with Gasteiger partial charge in [-0.15, -0.1) is 0 Å². The molecule has 1 aromatic carbocycles. The number of hydrogen-bond donors (Lipinski definition) is 1. The summed E-state index contributed by atoms with van der Waals surface area (Å²) in [7, 11) is 0. The van der Waals surface area contributed by atoms with Gasteiger partial charge in [0, 0.05) is 23.5 Å². The number of halogens is 1. The van der Waals surface area contributed by atoms with Gasteiger partial charge in [-0.2, -0.15) is 0 Å². The molecule has 3 rings (SSSR count). The molecule has 0 radical (unpaired) electrons. The summed E-state index contributed by atoms with van der Waals surface area (Å²) in [5.74, 6) is -0.426. The summed E-state index contributed by atoms with van der Waals surface area (Å²) in [6.45, 7) is 7.41. The van der Waals surface area contributed by atoms with Gasteiger partial charge in [0.25, 0.3) is 5.91 Å². The molecule has 1 aliphatic rings. The smallest absolute Gasteiger partial charge is 0.410 e. The van der Waals surface area contributed by atoms with Crippen molar-refractivity contribution in [2.24, 2.45) is 5.73 Å². The number of hydrogen-bond acceptors (Lipinski definition) is 4. The Labute approximate surface area is 158 Å². The van der Waals surface area contributed by atoms with Crippen LogP contribution in [0.1, 0.15) is 50.6 Å². The monoisotopic (exact) mass is 380 g/mol. The number of carbonyl (C=O) groups is 2. The van der Waals surface area contributed by atoms with E-state index in [-0.39, 0.29) is 17.5 Å². The summed E-state index contributed by atoms with van der Waals surface area (Å²) >= 11 is 5.75. The lowest BCUT2D eigenvalue weighted by Crippen LogP contribution is -2.39. The van der Waals surface area contributed by atoms with Crippen molar-refractivity contribution in [3.63, 3.8) is 0 Å². The van der Waals surface area contributed by atoms with Crippen LogP contribution in [0.5, 0.6) is 0 Å². The van der Waals surface area contributed by atoms with Crippen LogP contribution in [-0.2, 0) is 4.74 Å². The number of piperidine rings is 1. The van der Waals surface area contributed by atoms with Gasteiger partial charge in [-0.3, -0.25) is 4.79 Å². The second-order valence-corrected chi connectivity index (χ2v) is 7.62. The molecule has 1 saturated heterocycles. The van der Waals surface area contributed by atoms with E-state index >= 15 is 0 Å². The summed E-state index contributed by atoms with van der Waals surface area (Å²) < 4.78 is 10.4. The number of nitrogens with zero attached hydrogens (tertiary/aromatic N) is 1. The van der Waals surface area contributed by atoms with Crippen LogP contribution < -0.4 is 5.73 Å². The molecule has 0 spiro atoms. The summed E-state index contributed by atoms with van der Waals surface area (Å²) in [5.41, 5.74) is 5.29. The predicted molar refractivity (Wildman–Crippen MR) is 101 cm³/mol. The third-order valence-electron chi connectivity index (χ3n) is 3.73. The maximum atomic E-state index is 11.5. The largest absolute Gasteiger partial charge is 0.451 e. The van der Waals surface area contributed by atoms with Gasteiger partial charge >= 0.3 is 6.09 Å². The normalized spacial score (nSPS) is 14.5. The lowest BCUT2D eigenvalue weighted by molar-refractivity contribution is 0.0216. The topological polar surface area (TPSA) is 85.8 Å². The molecular formula is C19H25ClN2O4. The number of benzene rings is 1. The lowest BCUT2D eigenvalue weighted by atomic mass is 10.1. The van der Waals surface area contributed by atoms with Crippen LogP contribution in [0.4, 0.5) is 4.79 Å². The second kappa shape index (κ2) is 8.45. The molecule has 142 valence electrons. The summed E-state index contributed by atoms with van der Waals surface area (Å²) in [4.78, 5) is 24.1. The highest BCUT2D eigenvalue weighted by Crippen LogP contribution is 2.22. The third kappa shape index (κ3) is 5.95. The minimum Gasteiger partial charge on any atom is -0.451 e. The van der Waals surface area contributed by atoms with Crippen molar-refractivity contribution in [1.29, 1.82) is 0 Å². The zero-order valence-electron chi connectivity index (χ0n) is 15.4. The number of amides is 2. The van der Waals surface area contributed by atoms with Crippen LogP contribution >= 0.6 is 11.6 Å². The zero-order chi connectivity index (χ0) is 19.3. The molecule has 1 aliphatic heterocycles. The average molecular weight is 381 g/mol. The van der Waals surface area contributed by atoms with Crippen molar-refractivity contribution in [2.45, 2.75) is 45.6 Å². The Morgan fingerprint density at radius 1 is 1.15 bits per heavy atom. The van der Waals surface area contributed by atoms with E-state index in [0.717, 1.165) is 31.3 Å². The summed E-state index contributed by atoms with van der Waals surface area (Å²) in [6, 6.07) is 6.68. The Morgan fingerprint density at radius 3 is 2.38 bits per heavy atom. The van der Waals surface area contributed by atoms with Gasteiger partial charge in [0.05, 0.1) is 0 Å². The van der Waals surface area contributed by atoms with Crippen molar-refractivity contribution >= 4 is 34.6 Å². The third-order valence-corrected chi connectivity index (χ3v) is 3.96. The van der Waals surface area contributed by atoms with E-state index in [1.807, 2.05) is 20.8 Å². The van der Waals surface area contributed by atoms with Crippen LogP contribution in [0.2, 0.25) is 5.02 Å². The van der Waals surface area contributed by atoms with Crippen LogP contribution in [0, 0.1) is 0 Å². The molecule has 2 aromatic rings. The molecule has 0 atom stereocenters. The first-order chi connectivity index (χ1) is 12.2. The van der Waals surface area contributed by atoms with Crippen LogP contribution in [0.3, 0.4) is 0 Å². The van der Waals surface area contributed by atoms with Crippen molar-refractivity contribution in [1.82, 2.24) is 4.90 Å². The van der Waals surface area contributed by atoms with E-state index in [1.165, 1.54) is 6.42 Å². The molecule has 1 aromatic heterocycles. The number of ether oxygens (including phenoxy) is 1. The fraction of sp³-hybridized carbons (Fsp3) is 0.474. The Hall–Kier alpha value is -2.21. The van der Waals surface area contributed by atoms with Gasteiger partial charge in [0.1, 0.15) is 11.2 Å². The van der Waals surface area contributed by atoms with Crippen molar-refractivity contribution in [2.75, 3.05) is 13.1 Å². The van der Waals surface area contributed by atoms with Crippen molar-refractivity contribution in [3.05, 3.63) is 35.0 Å². The molecular weight excluding hydrogens is 356 g/mol. The van der Waals surface area contributed by atoms with Gasteiger partial charge in [0.2, 0.25) is 0 Å². The molecule has 6 nitrogen and oxygen atoms in total. The van der Waals surface area contributed by atoms with E-state index in [4.69, 9.17) is 26.5 Å². The molecule has 0 aliphatic carbocycles. The first-order valence-corrected chi connectivity index (χ1v) is 9.00. The molecule has 0 saturated carbocycles. The van der Waals surface area contributed by atoms with E-state index < -0.39 is 5.91 Å². The highest BCUT2D eigenvalue weighted by molar-refractivity contribution is 6.31. The fourth-order valence-electron chi connectivity index (χ4n) is 2.54. The highest BCUT2D eigenvalue weighted by Gasteiger charge is 2.22. The molecule has 2 amide bonds. The zero-order valence-corrected chi connectivity index (χ0v) is 16.1. The number of primary amides is 1. The predicted octanol–water partition coefficient (Wildman–Crippen LogP) is 4.59. The standard InChI is InChI=1S/C10H19NO2.C9H6ClNO2/c1-10(2,3)13-9(12)11-7-5-4-6-8-11;10-6-1-2-7-5(3-6)4-8(13-7)9(11)12/h4-8H2,1-3H3;1-4H,(H2,11,12). The number of rotatable bonds is 1.